The Kier molecular flexibility index (Phi) is 5.05. The van der Waals surface area contributed by atoms with E-state index in [4.69, 9.17) is 4.98 Å². The molecule has 1 aliphatic rings. The molecule has 0 bridgehead atoms. The van der Waals surface area contributed by atoms with Gasteiger partial charge >= 0.3 is 0 Å². The van der Waals surface area contributed by atoms with Crippen molar-refractivity contribution in [3.63, 3.8) is 0 Å². The third-order valence-corrected chi connectivity index (χ3v) is 5.33. The van der Waals surface area contributed by atoms with Gasteiger partial charge in [-0.15, -0.1) is 0 Å². The lowest BCUT2D eigenvalue weighted by Crippen LogP contribution is -2.26. The zero-order valence-electron chi connectivity index (χ0n) is 15.6. The van der Waals surface area contributed by atoms with Gasteiger partial charge in [0.05, 0.1) is 0 Å². The number of anilines is 2. The summed E-state index contributed by atoms with van der Waals surface area (Å²) in [4.78, 5) is 9.66. The first-order valence-electron chi connectivity index (χ1n) is 9.71. The number of hydrogen-bond donors (Lipinski definition) is 0. The second-order valence-electron chi connectivity index (χ2n) is 7.25. The molecule has 0 aliphatic carbocycles. The summed E-state index contributed by atoms with van der Waals surface area (Å²) < 4.78 is 0. The zero-order valence-corrected chi connectivity index (χ0v) is 15.6. The first-order valence-corrected chi connectivity index (χ1v) is 9.71. The molecule has 0 unspecified atom stereocenters. The molecule has 3 aromatic rings. The second kappa shape index (κ2) is 7.77. The Labute approximate surface area is 156 Å². The van der Waals surface area contributed by atoms with Crippen molar-refractivity contribution in [2.45, 2.75) is 32.2 Å². The van der Waals surface area contributed by atoms with Gasteiger partial charge in [-0.25, -0.2) is 4.98 Å². The molecule has 0 spiro atoms. The third-order valence-electron chi connectivity index (χ3n) is 5.33. The molecule has 4 rings (SSSR count). The van der Waals surface area contributed by atoms with Gasteiger partial charge in [0.1, 0.15) is 5.82 Å². The van der Waals surface area contributed by atoms with Crippen molar-refractivity contribution in [3.8, 4) is 0 Å². The summed E-state index contributed by atoms with van der Waals surface area (Å²) in [5.41, 5.74) is 2.59. The quantitative estimate of drug-likeness (QED) is 0.643. The van der Waals surface area contributed by atoms with E-state index in [0.717, 1.165) is 25.5 Å². The fraction of sp³-hybridized carbons (Fsp3) is 0.348. The molecule has 0 amide bonds. The van der Waals surface area contributed by atoms with Crippen LogP contribution < -0.4 is 9.80 Å². The number of aromatic nitrogens is 1. The maximum absolute atomic E-state index is 4.82. The molecular weight excluding hydrogens is 318 g/mol. The minimum Gasteiger partial charge on any atom is -0.370 e. The molecule has 1 saturated heterocycles. The first-order chi connectivity index (χ1) is 12.8. The number of benzene rings is 2. The maximum atomic E-state index is 4.82. The van der Waals surface area contributed by atoms with E-state index in [1.165, 1.54) is 47.7 Å². The van der Waals surface area contributed by atoms with Crippen LogP contribution in [0, 0.1) is 0 Å². The number of pyridine rings is 1. The largest absolute Gasteiger partial charge is 0.370 e. The van der Waals surface area contributed by atoms with Crippen LogP contribution in [0.5, 0.6) is 0 Å². The van der Waals surface area contributed by atoms with E-state index in [0.29, 0.717) is 0 Å². The lowest BCUT2D eigenvalue weighted by molar-refractivity contribution is 0.726. The number of hydrogen-bond acceptors (Lipinski definition) is 3. The normalized spacial score (nSPS) is 15.0. The summed E-state index contributed by atoms with van der Waals surface area (Å²) in [7, 11) is 2.18. The van der Waals surface area contributed by atoms with Crippen LogP contribution in [0.25, 0.3) is 10.8 Å². The molecule has 1 aliphatic heterocycles. The smallest absolute Gasteiger partial charge is 0.138 e. The molecule has 0 saturated carbocycles. The standard InChI is InChI=1S/C23H27N3/c1-25(18-19-10-5-4-6-11-19)21-13-9-12-20-14-15-24-23(22(20)21)26-16-7-2-3-8-17-26/h4-6,9-15H,2-3,7-8,16-18H2,1H3. The van der Waals surface area contributed by atoms with Crippen LogP contribution in [0.15, 0.2) is 60.8 Å². The third kappa shape index (κ3) is 3.52. The van der Waals surface area contributed by atoms with Crippen molar-refractivity contribution in [3.05, 3.63) is 66.4 Å². The Bertz CT molecular complexity index is 846. The minimum atomic E-state index is 0.897. The number of rotatable bonds is 4. The Balaban J connectivity index is 1.74. The van der Waals surface area contributed by atoms with Crippen molar-refractivity contribution in [1.82, 2.24) is 4.98 Å². The highest BCUT2D eigenvalue weighted by molar-refractivity contribution is 6.02. The average molecular weight is 345 g/mol. The molecule has 3 nitrogen and oxygen atoms in total. The lowest BCUT2D eigenvalue weighted by Gasteiger charge is -2.27. The van der Waals surface area contributed by atoms with Gasteiger partial charge in [-0.3, -0.25) is 0 Å². The average Bonchev–Trinajstić information content (AvgIpc) is 2.97. The summed E-state index contributed by atoms with van der Waals surface area (Å²) in [6, 6.07) is 19.4. The summed E-state index contributed by atoms with van der Waals surface area (Å²) in [5, 5.41) is 2.56. The van der Waals surface area contributed by atoms with Crippen molar-refractivity contribution in [2.75, 3.05) is 29.9 Å². The topological polar surface area (TPSA) is 19.4 Å². The molecular formula is C23H27N3. The molecule has 26 heavy (non-hydrogen) atoms. The van der Waals surface area contributed by atoms with Gasteiger partial charge in [0.2, 0.25) is 0 Å². The highest BCUT2D eigenvalue weighted by atomic mass is 15.2. The summed E-state index contributed by atoms with van der Waals surface area (Å²) in [6.07, 6.45) is 7.16. The Morgan fingerprint density at radius 3 is 2.42 bits per heavy atom. The SMILES string of the molecule is CN(Cc1ccccc1)c1cccc2ccnc(N3CCCCCC3)c12. The van der Waals surface area contributed by atoms with Crippen LogP contribution in [0.2, 0.25) is 0 Å². The fourth-order valence-corrected chi connectivity index (χ4v) is 3.98. The highest BCUT2D eigenvalue weighted by Gasteiger charge is 2.17. The summed E-state index contributed by atoms with van der Waals surface area (Å²) >= 11 is 0. The van der Waals surface area contributed by atoms with E-state index in [9.17, 15) is 0 Å². The molecule has 0 N–H and O–H groups in total. The van der Waals surface area contributed by atoms with Gasteiger partial charge in [-0.2, -0.15) is 0 Å². The van der Waals surface area contributed by atoms with E-state index in [1.807, 2.05) is 6.20 Å². The molecule has 134 valence electrons. The van der Waals surface area contributed by atoms with Crippen molar-refractivity contribution in [1.29, 1.82) is 0 Å². The molecule has 3 heteroatoms. The Morgan fingerprint density at radius 2 is 1.65 bits per heavy atom. The van der Waals surface area contributed by atoms with Gasteiger partial charge in [-0.05, 0) is 35.9 Å². The van der Waals surface area contributed by atoms with E-state index in [1.54, 1.807) is 0 Å². The van der Waals surface area contributed by atoms with E-state index in [2.05, 4.69) is 71.4 Å². The van der Waals surface area contributed by atoms with Gasteiger partial charge in [0, 0.05) is 44.0 Å². The van der Waals surface area contributed by atoms with Crippen molar-refractivity contribution < 1.29 is 0 Å². The number of fused-ring (bicyclic) bond motifs is 1. The van der Waals surface area contributed by atoms with Gasteiger partial charge in [0.15, 0.2) is 0 Å². The van der Waals surface area contributed by atoms with E-state index in [-0.39, 0.29) is 0 Å². The van der Waals surface area contributed by atoms with Crippen LogP contribution in [0.1, 0.15) is 31.2 Å². The van der Waals surface area contributed by atoms with Crippen LogP contribution >= 0.6 is 0 Å². The van der Waals surface area contributed by atoms with Crippen LogP contribution in [0.3, 0.4) is 0 Å². The van der Waals surface area contributed by atoms with Crippen LogP contribution in [0.4, 0.5) is 11.5 Å². The molecule has 1 fully saturated rings. The van der Waals surface area contributed by atoms with Crippen molar-refractivity contribution in [2.24, 2.45) is 0 Å². The Morgan fingerprint density at radius 1 is 0.885 bits per heavy atom. The molecule has 2 heterocycles. The lowest BCUT2D eigenvalue weighted by atomic mass is 10.1. The number of nitrogens with zero attached hydrogens (tertiary/aromatic N) is 3. The Hall–Kier alpha value is -2.55. The van der Waals surface area contributed by atoms with Gasteiger partial charge in [-0.1, -0.05) is 55.3 Å². The molecule has 0 atom stereocenters. The second-order valence-corrected chi connectivity index (χ2v) is 7.25. The summed E-state index contributed by atoms with van der Waals surface area (Å²) in [5.74, 6) is 1.15. The predicted octanol–water partition coefficient (Wildman–Crippen LogP) is 5.25. The highest BCUT2D eigenvalue weighted by Crippen LogP contribution is 2.34. The fourth-order valence-electron chi connectivity index (χ4n) is 3.98. The predicted molar refractivity (Wildman–Crippen MR) is 111 cm³/mol. The van der Waals surface area contributed by atoms with E-state index < -0.39 is 0 Å². The van der Waals surface area contributed by atoms with Crippen LogP contribution in [-0.2, 0) is 6.54 Å². The summed E-state index contributed by atoms with van der Waals surface area (Å²) in [6.45, 7) is 3.12. The first kappa shape index (κ1) is 16.9. The van der Waals surface area contributed by atoms with Gasteiger partial charge < -0.3 is 9.80 Å². The molecule has 1 aromatic heterocycles. The molecule has 2 aromatic carbocycles. The minimum absolute atomic E-state index is 0.897. The van der Waals surface area contributed by atoms with E-state index >= 15 is 0 Å². The van der Waals surface area contributed by atoms with Gasteiger partial charge in [0.25, 0.3) is 0 Å². The van der Waals surface area contributed by atoms with Crippen LogP contribution in [-0.4, -0.2) is 25.1 Å². The molecule has 0 radical (unpaired) electrons. The maximum Gasteiger partial charge on any atom is 0.138 e. The van der Waals surface area contributed by atoms with Crippen molar-refractivity contribution >= 4 is 22.3 Å². The monoisotopic (exact) mass is 345 g/mol. The zero-order chi connectivity index (χ0) is 17.8.